The smallest absolute Gasteiger partial charge is 0.227 e. The zero-order valence-corrected chi connectivity index (χ0v) is 15.1. The number of carbonyl (C=O) groups is 1. The normalized spacial score (nSPS) is 10.5. The first kappa shape index (κ1) is 19.6. The van der Waals surface area contributed by atoms with Crippen molar-refractivity contribution in [2.24, 2.45) is 4.99 Å². The molecule has 0 aliphatic heterocycles. The van der Waals surface area contributed by atoms with E-state index in [4.69, 9.17) is 0 Å². The Morgan fingerprint density at radius 2 is 2.00 bits per heavy atom. The first-order valence-electron chi connectivity index (χ1n) is 6.83. The minimum atomic E-state index is -0.0680. The van der Waals surface area contributed by atoms with E-state index < -0.39 is 0 Å². The minimum absolute atomic E-state index is 0. The van der Waals surface area contributed by atoms with Crippen LogP contribution < -0.4 is 16.0 Å². The summed E-state index contributed by atoms with van der Waals surface area (Å²) in [5.41, 5.74) is 0.880. The maximum absolute atomic E-state index is 11.8. The largest absolute Gasteiger partial charge is 0.356 e. The van der Waals surface area contributed by atoms with Crippen molar-refractivity contribution in [3.05, 3.63) is 23.9 Å². The van der Waals surface area contributed by atoms with Gasteiger partial charge in [0.05, 0.1) is 0 Å². The van der Waals surface area contributed by atoms with E-state index >= 15 is 0 Å². The monoisotopic (exact) mass is 405 g/mol. The number of amides is 1. The van der Waals surface area contributed by atoms with Crippen molar-refractivity contribution in [2.45, 2.75) is 26.7 Å². The number of anilines is 1. The molecule has 0 unspecified atom stereocenters. The Kier molecular flexibility index (Phi) is 10.6. The molecule has 0 aliphatic rings. The topological polar surface area (TPSA) is 78.4 Å². The Morgan fingerprint density at radius 1 is 1.29 bits per heavy atom. The van der Waals surface area contributed by atoms with Gasteiger partial charge in [0.1, 0.15) is 5.82 Å². The highest BCUT2D eigenvalue weighted by atomic mass is 127. The second-order valence-electron chi connectivity index (χ2n) is 4.39. The van der Waals surface area contributed by atoms with Crippen LogP contribution in [0.4, 0.5) is 5.82 Å². The van der Waals surface area contributed by atoms with Gasteiger partial charge in [-0.25, -0.2) is 4.98 Å². The minimum Gasteiger partial charge on any atom is -0.356 e. The van der Waals surface area contributed by atoms with Crippen LogP contribution in [0.1, 0.15) is 25.5 Å². The molecule has 1 aromatic rings. The average molecular weight is 405 g/mol. The van der Waals surface area contributed by atoms with Gasteiger partial charge in [-0.3, -0.25) is 9.79 Å². The number of nitrogens with zero attached hydrogens (tertiary/aromatic N) is 2. The molecule has 21 heavy (non-hydrogen) atoms. The second-order valence-corrected chi connectivity index (χ2v) is 4.39. The molecular formula is C14H24IN5O. The third-order valence-electron chi connectivity index (χ3n) is 2.57. The number of halogens is 1. The van der Waals surface area contributed by atoms with Crippen molar-refractivity contribution in [1.82, 2.24) is 15.6 Å². The molecule has 1 aromatic heterocycles. The molecule has 0 saturated carbocycles. The Morgan fingerprint density at radius 3 is 2.62 bits per heavy atom. The summed E-state index contributed by atoms with van der Waals surface area (Å²) >= 11 is 0. The fourth-order valence-electron chi connectivity index (χ4n) is 1.58. The highest BCUT2D eigenvalue weighted by molar-refractivity contribution is 14.0. The lowest BCUT2D eigenvalue weighted by atomic mass is 10.3. The highest BCUT2D eigenvalue weighted by Gasteiger charge is 2.04. The van der Waals surface area contributed by atoms with E-state index in [1.54, 1.807) is 13.1 Å². The zero-order valence-electron chi connectivity index (χ0n) is 12.8. The Labute approximate surface area is 143 Å². The molecule has 6 nitrogen and oxygen atoms in total. The summed E-state index contributed by atoms with van der Waals surface area (Å²) in [6.07, 6.45) is 1.39. The fraction of sp³-hybridized carbons (Fsp3) is 0.500. The molecule has 7 heteroatoms. The van der Waals surface area contributed by atoms with Crippen molar-refractivity contribution in [3.63, 3.8) is 0 Å². The summed E-state index contributed by atoms with van der Waals surface area (Å²) in [5, 5.41) is 9.00. The molecule has 3 N–H and O–H groups in total. The molecule has 0 aromatic carbocycles. The van der Waals surface area contributed by atoms with Crippen LogP contribution in [0.3, 0.4) is 0 Å². The van der Waals surface area contributed by atoms with Crippen LogP contribution in [0.5, 0.6) is 0 Å². The SMILES string of the molecule is CCCNC(=NC)NCCC(=O)Nc1cccc(C)n1.I. The van der Waals surface area contributed by atoms with Crippen molar-refractivity contribution in [2.75, 3.05) is 25.5 Å². The van der Waals surface area contributed by atoms with Crippen molar-refractivity contribution < 1.29 is 4.79 Å². The lowest BCUT2D eigenvalue weighted by Gasteiger charge is -2.11. The number of aliphatic imine (C=N–C) groups is 1. The Balaban J connectivity index is 0.00000400. The molecule has 0 bridgehead atoms. The molecule has 1 rings (SSSR count). The van der Waals surface area contributed by atoms with E-state index in [2.05, 4.69) is 32.9 Å². The lowest BCUT2D eigenvalue weighted by molar-refractivity contribution is -0.116. The van der Waals surface area contributed by atoms with E-state index in [0.717, 1.165) is 18.7 Å². The van der Waals surface area contributed by atoms with Gasteiger partial charge in [-0.15, -0.1) is 24.0 Å². The van der Waals surface area contributed by atoms with Crippen molar-refractivity contribution in [3.8, 4) is 0 Å². The molecule has 1 heterocycles. The van der Waals surface area contributed by atoms with Gasteiger partial charge >= 0.3 is 0 Å². The summed E-state index contributed by atoms with van der Waals surface area (Å²) in [7, 11) is 1.71. The quantitative estimate of drug-likeness (QED) is 0.384. The fourth-order valence-corrected chi connectivity index (χ4v) is 1.58. The van der Waals surface area contributed by atoms with Gasteiger partial charge in [0.25, 0.3) is 0 Å². The number of rotatable bonds is 6. The molecule has 0 fully saturated rings. The summed E-state index contributed by atoms with van der Waals surface area (Å²) in [6.45, 7) is 5.36. The van der Waals surface area contributed by atoms with Crippen LogP contribution in [-0.4, -0.2) is 37.0 Å². The lowest BCUT2D eigenvalue weighted by Crippen LogP contribution is -2.39. The zero-order chi connectivity index (χ0) is 14.8. The van der Waals surface area contributed by atoms with Gasteiger partial charge in [-0.1, -0.05) is 13.0 Å². The van der Waals surface area contributed by atoms with E-state index in [1.165, 1.54) is 0 Å². The van der Waals surface area contributed by atoms with Crippen LogP contribution >= 0.6 is 24.0 Å². The van der Waals surface area contributed by atoms with Crippen LogP contribution in [0.2, 0.25) is 0 Å². The van der Waals surface area contributed by atoms with Gasteiger partial charge < -0.3 is 16.0 Å². The second kappa shape index (κ2) is 11.3. The summed E-state index contributed by atoms with van der Waals surface area (Å²) in [5.74, 6) is 1.23. The predicted molar refractivity (Wildman–Crippen MR) is 97.3 cm³/mol. The number of aryl methyl sites for hydroxylation is 1. The maximum atomic E-state index is 11.8. The summed E-state index contributed by atoms with van der Waals surface area (Å²) in [4.78, 5) is 20.0. The van der Waals surface area contributed by atoms with Crippen LogP contribution in [0.15, 0.2) is 23.2 Å². The van der Waals surface area contributed by atoms with E-state index in [0.29, 0.717) is 24.7 Å². The van der Waals surface area contributed by atoms with Gasteiger partial charge in [-0.2, -0.15) is 0 Å². The van der Waals surface area contributed by atoms with Crippen molar-refractivity contribution in [1.29, 1.82) is 0 Å². The Bertz CT molecular complexity index is 464. The van der Waals surface area contributed by atoms with Gasteiger partial charge in [-0.05, 0) is 25.5 Å². The summed E-state index contributed by atoms with van der Waals surface area (Å²) in [6, 6.07) is 5.54. The van der Waals surface area contributed by atoms with E-state index in [1.807, 2.05) is 19.1 Å². The first-order valence-corrected chi connectivity index (χ1v) is 6.83. The third-order valence-corrected chi connectivity index (χ3v) is 2.57. The van der Waals surface area contributed by atoms with Gasteiger partial charge in [0.2, 0.25) is 5.91 Å². The molecule has 0 saturated heterocycles. The molecular weight excluding hydrogens is 381 g/mol. The number of hydrogen-bond acceptors (Lipinski definition) is 3. The first-order chi connectivity index (χ1) is 9.65. The molecule has 0 aliphatic carbocycles. The number of guanidine groups is 1. The van der Waals surface area contributed by atoms with E-state index in [-0.39, 0.29) is 29.9 Å². The number of carbonyl (C=O) groups excluding carboxylic acids is 1. The highest BCUT2D eigenvalue weighted by Crippen LogP contribution is 2.03. The standard InChI is InChI=1S/C14H23N5O.HI/c1-4-9-16-14(15-3)17-10-8-13(20)19-12-7-5-6-11(2)18-12;/h5-7H,4,8-10H2,1-3H3,(H2,15,16,17)(H,18,19,20);1H. The number of hydrogen-bond donors (Lipinski definition) is 3. The molecule has 0 atom stereocenters. The Hall–Kier alpha value is -1.38. The van der Waals surface area contributed by atoms with E-state index in [9.17, 15) is 4.79 Å². The number of nitrogens with one attached hydrogen (secondary N) is 3. The van der Waals surface area contributed by atoms with Crippen molar-refractivity contribution >= 4 is 41.7 Å². The molecule has 118 valence electrons. The van der Waals surface area contributed by atoms with Crippen LogP contribution in [-0.2, 0) is 4.79 Å². The summed E-state index contributed by atoms with van der Waals surface area (Å²) < 4.78 is 0. The van der Waals surface area contributed by atoms with Gasteiger partial charge in [0, 0.05) is 32.3 Å². The average Bonchev–Trinajstić information content (AvgIpc) is 2.42. The maximum Gasteiger partial charge on any atom is 0.227 e. The molecule has 0 radical (unpaired) electrons. The van der Waals surface area contributed by atoms with Crippen LogP contribution in [0, 0.1) is 6.92 Å². The van der Waals surface area contributed by atoms with Gasteiger partial charge in [0.15, 0.2) is 5.96 Å². The molecule has 0 spiro atoms. The van der Waals surface area contributed by atoms with Crippen LogP contribution in [0.25, 0.3) is 0 Å². The predicted octanol–water partition coefficient (Wildman–Crippen LogP) is 1.91. The molecule has 1 amide bonds. The third kappa shape index (κ3) is 8.49. The number of aromatic nitrogens is 1. The number of pyridine rings is 1.